The lowest BCUT2D eigenvalue weighted by Crippen LogP contribution is -2.70. The number of allylic oxidation sites excluding steroid dienone is 2. The number of rotatable bonds is 9. The minimum Gasteiger partial charge on any atom is -0.393 e. The number of ether oxygens (including phenoxy) is 4. The highest BCUT2D eigenvalue weighted by molar-refractivity contribution is 5.22. The van der Waals surface area contributed by atoms with Crippen LogP contribution in [0.3, 0.4) is 0 Å². The van der Waals surface area contributed by atoms with Crippen molar-refractivity contribution in [3.05, 3.63) is 11.6 Å². The second kappa shape index (κ2) is 15.1. The van der Waals surface area contributed by atoms with E-state index in [4.69, 9.17) is 18.9 Å². The maximum Gasteiger partial charge on any atom is 0.187 e. The molecule has 0 bridgehead atoms. The lowest BCUT2D eigenvalue weighted by atomic mass is 9.34. The quantitative estimate of drug-likeness (QED) is 0.153. The third kappa shape index (κ3) is 6.86. The Morgan fingerprint density at radius 2 is 1.44 bits per heavy atom. The third-order valence-corrected chi connectivity index (χ3v) is 16.2. The largest absolute Gasteiger partial charge is 0.393 e. The van der Waals surface area contributed by atoms with Crippen molar-refractivity contribution in [2.24, 2.45) is 45.3 Å². The molecule has 6 aliphatic rings. The fourth-order valence-electron chi connectivity index (χ4n) is 13.1. The number of hydrogen-bond acceptors (Lipinski definition) is 13. The van der Waals surface area contributed by atoms with Crippen LogP contribution in [-0.2, 0) is 18.9 Å². The van der Waals surface area contributed by atoms with Crippen molar-refractivity contribution in [1.29, 1.82) is 0 Å². The van der Waals surface area contributed by atoms with Crippen molar-refractivity contribution in [3.8, 4) is 0 Å². The first kappa shape index (κ1) is 42.8. The van der Waals surface area contributed by atoms with Crippen LogP contribution in [0.4, 0.5) is 0 Å². The van der Waals surface area contributed by atoms with E-state index in [-0.39, 0.29) is 53.1 Å². The molecule has 6 fully saturated rings. The van der Waals surface area contributed by atoms with Crippen LogP contribution in [0.5, 0.6) is 0 Å². The second-order valence-corrected chi connectivity index (χ2v) is 19.8. The number of hydrogen-bond donors (Lipinski definition) is 9. The van der Waals surface area contributed by atoms with Gasteiger partial charge < -0.3 is 64.9 Å². The fraction of sp³-hybridized carbons (Fsp3) is 0.951. The van der Waals surface area contributed by atoms with Gasteiger partial charge in [0.2, 0.25) is 0 Å². The van der Waals surface area contributed by atoms with Gasteiger partial charge in [0, 0.05) is 0 Å². The number of fused-ring (bicyclic) bond motifs is 5. The van der Waals surface area contributed by atoms with Crippen LogP contribution in [0.1, 0.15) is 107 Å². The topological polar surface area (TPSA) is 219 Å². The fourth-order valence-corrected chi connectivity index (χ4v) is 13.1. The summed E-state index contributed by atoms with van der Waals surface area (Å²) in [7, 11) is 0. The van der Waals surface area contributed by atoms with Crippen LogP contribution in [-0.4, -0.2) is 138 Å². The Balaban J connectivity index is 1.27. The van der Waals surface area contributed by atoms with Gasteiger partial charge in [-0.25, -0.2) is 0 Å². The highest BCUT2D eigenvalue weighted by Gasteiger charge is 2.73. The lowest BCUT2D eigenvalue weighted by molar-refractivity contribution is -0.346. The SMILES string of the molecule is CC(C)=CCC[C@](C)(O[C@@H]1O[C@H](CO[C@@H]2OC[C@H](O)[C@H](O)[C@H]2O)[C@@H](O)[C@H](O)[C@H]1O)[C@H]1CC[C@]2(C)[C@@H]1[C@H](O)C[C@@H]1[C@@]3(C)CC[C@H](O)C(C)(C)[C@@H]3[C@@H](O)C[C@]12C. The Kier molecular flexibility index (Phi) is 12.0. The molecule has 20 atom stereocenters. The molecule has 6 rings (SSSR count). The first-order valence-corrected chi connectivity index (χ1v) is 20.4. The van der Waals surface area contributed by atoms with E-state index >= 15 is 0 Å². The molecule has 0 radical (unpaired) electrons. The van der Waals surface area contributed by atoms with Gasteiger partial charge in [-0.15, -0.1) is 0 Å². The standard InChI is InChI=1S/C41H70O13/c1-20(2)10-9-13-41(8,54-36-33(50)31(48)30(47)25(53-36)19-52-35-32(49)29(46)24(44)18-51-35)21-11-15-39(6)28(21)22(42)16-26-38(5)14-12-27(45)37(3,4)34(38)23(43)17-40(26,39)7/h10,21-36,42-50H,9,11-19H2,1-8H3/t21-,22+,23-,24-,25+,26+,27-,28-,29-,30+,31-,32+,33+,34-,35-,36-,38+,39+,40+,41-/m0/s1. The first-order chi connectivity index (χ1) is 25.0. The number of aliphatic hydroxyl groups excluding tert-OH is 9. The normalized spacial score (nSPS) is 52.8. The van der Waals surface area contributed by atoms with E-state index in [9.17, 15) is 46.0 Å². The minimum atomic E-state index is -1.66. The highest BCUT2D eigenvalue weighted by Crippen LogP contribution is 2.76. The van der Waals surface area contributed by atoms with E-state index in [1.54, 1.807) is 0 Å². The molecular formula is C41H70O13. The van der Waals surface area contributed by atoms with Crippen molar-refractivity contribution in [1.82, 2.24) is 0 Å². The van der Waals surface area contributed by atoms with E-state index in [2.05, 4.69) is 40.7 Å². The van der Waals surface area contributed by atoms with Crippen LogP contribution in [0.25, 0.3) is 0 Å². The molecule has 0 amide bonds. The van der Waals surface area contributed by atoms with Crippen LogP contribution in [0.15, 0.2) is 11.6 Å². The summed E-state index contributed by atoms with van der Waals surface area (Å²) < 4.78 is 24.0. The zero-order valence-corrected chi connectivity index (χ0v) is 33.5. The average molecular weight is 771 g/mol. The summed E-state index contributed by atoms with van der Waals surface area (Å²) in [6.07, 6.45) is -7.53. The predicted molar refractivity (Wildman–Crippen MR) is 196 cm³/mol. The second-order valence-electron chi connectivity index (χ2n) is 19.8. The summed E-state index contributed by atoms with van der Waals surface area (Å²) in [5.41, 5.74) is -1.30. The van der Waals surface area contributed by atoms with Gasteiger partial charge in [-0.2, -0.15) is 0 Å². The van der Waals surface area contributed by atoms with Gasteiger partial charge in [0.15, 0.2) is 12.6 Å². The van der Waals surface area contributed by atoms with E-state index in [1.807, 2.05) is 20.8 Å². The van der Waals surface area contributed by atoms with Gasteiger partial charge in [0.25, 0.3) is 0 Å². The van der Waals surface area contributed by atoms with Crippen molar-refractivity contribution in [3.63, 3.8) is 0 Å². The Morgan fingerprint density at radius 3 is 2.11 bits per heavy atom. The molecule has 0 aromatic heterocycles. The zero-order chi connectivity index (χ0) is 39.9. The van der Waals surface area contributed by atoms with Gasteiger partial charge in [0.05, 0.1) is 37.1 Å². The predicted octanol–water partition coefficient (Wildman–Crippen LogP) is 1.76. The molecule has 0 spiro atoms. The maximum atomic E-state index is 12.4. The third-order valence-electron chi connectivity index (χ3n) is 16.2. The van der Waals surface area contributed by atoms with Crippen molar-refractivity contribution >= 4 is 0 Å². The maximum absolute atomic E-state index is 12.4. The van der Waals surface area contributed by atoms with Crippen molar-refractivity contribution in [2.75, 3.05) is 13.2 Å². The van der Waals surface area contributed by atoms with Crippen LogP contribution < -0.4 is 0 Å². The smallest absolute Gasteiger partial charge is 0.187 e. The van der Waals surface area contributed by atoms with Gasteiger partial charge >= 0.3 is 0 Å². The van der Waals surface area contributed by atoms with Crippen molar-refractivity contribution in [2.45, 2.75) is 186 Å². The molecule has 0 aromatic carbocycles. The van der Waals surface area contributed by atoms with Gasteiger partial charge in [-0.05, 0) is 117 Å². The molecule has 4 aliphatic carbocycles. The molecule has 54 heavy (non-hydrogen) atoms. The highest BCUT2D eigenvalue weighted by atomic mass is 16.7. The minimum absolute atomic E-state index is 0.109. The first-order valence-electron chi connectivity index (χ1n) is 20.4. The monoisotopic (exact) mass is 770 g/mol. The molecule has 2 heterocycles. The Hall–Kier alpha value is -0.780. The molecule has 4 saturated carbocycles. The van der Waals surface area contributed by atoms with E-state index < -0.39 is 84.6 Å². The van der Waals surface area contributed by atoms with Crippen molar-refractivity contribution < 1.29 is 64.9 Å². The average Bonchev–Trinajstić information content (AvgIpc) is 3.47. The van der Waals surface area contributed by atoms with E-state index in [0.717, 1.165) is 24.8 Å². The summed E-state index contributed by atoms with van der Waals surface area (Å²) in [6, 6.07) is 0. The van der Waals surface area contributed by atoms with E-state index in [0.29, 0.717) is 32.1 Å². The Labute approximate surface area is 320 Å². The molecule has 13 nitrogen and oxygen atoms in total. The molecule has 13 heteroatoms. The van der Waals surface area contributed by atoms with Gasteiger partial charge in [-0.3, -0.25) is 0 Å². The van der Waals surface area contributed by atoms with E-state index in [1.165, 1.54) is 0 Å². The molecule has 0 aromatic rings. The summed E-state index contributed by atoms with van der Waals surface area (Å²) in [5.74, 6) is -0.398. The van der Waals surface area contributed by atoms with Crippen LogP contribution >= 0.6 is 0 Å². The van der Waals surface area contributed by atoms with Crippen LogP contribution in [0.2, 0.25) is 0 Å². The molecule has 9 N–H and O–H groups in total. The molecule has 2 saturated heterocycles. The van der Waals surface area contributed by atoms with Crippen LogP contribution in [0, 0.1) is 45.3 Å². The Bertz CT molecular complexity index is 1360. The summed E-state index contributed by atoms with van der Waals surface area (Å²) in [4.78, 5) is 0. The summed E-state index contributed by atoms with van der Waals surface area (Å²) >= 11 is 0. The molecule has 0 unspecified atom stereocenters. The molecule has 312 valence electrons. The summed E-state index contributed by atoms with van der Waals surface area (Å²) in [6.45, 7) is 16.4. The zero-order valence-electron chi connectivity index (χ0n) is 33.5. The van der Waals surface area contributed by atoms with Gasteiger partial charge in [0.1, 0.15) is 42.7 Å². The molecule has 2 aliphatic heterocycles. The Morgan fingerprint density at radius 1 is 0.778 bits per heavy atom. The number of aliphatic hydroxyl groups is 9. The van der Waals surface area contributed by atoms with Gasteiger partial charge in [-0.1, -0.05) is 46.3 Å². The summed E-state index contributed by atoms with van der Waals surface area (Å²) in [5, 5.41) is 99.1. The molecular weight excluding hydrogens is 700 g/mol. The lowest BCUT2D eigenvalue weighted by Gasteiger charge is -2.71.